The van der Waals surface area contributed by atoms with Crippen molar-refractivity contribution in [2.24, 2.45) is 4.99 Å². The Kier molecular flexibility index (Phi) is 2.84. The molecular formula is C15H14F2N2S. The first-order chi connectivity index (χ1) is 9.75. The van der Waals surface area contributed by atoms with E-state index in [1.54, 1.807) is 0 Å². The van der Waals surface area contributed by atoms with E-state index in [0.717, 1.165) is 24.4 Å². The van der Waals surface area contributed by atoms with Gasteiger partial charge >= 0.3 is 0 Å². The van der Waals surface area contributed by atoms with E-state index in [-0.39, 0.29) is 11.6 Å². The second-order valence-corrected chi connectivity index (χ2v) is 6.25. The van der Waals surface area contributed by atoms with Gasteiger partial charge in [-0.1, -0.05) is 30.7 Å². The highest BCUT2D eigenvalue weighted by molar-refractivity contribution is 8.16. The number of hydrogen-bond acceptors (Lipinski definition) is 3. The third-order valence-electron chi connectivity index (χ3n) is 4.26. The number of amidine groups is 1. The van der Waals surface area contributed by atoms with E-state index >= 15 is 0 Å². The average Bonchev–Trinajstić information content (AvgIpc) is 2.98. The van der Waals surface area contributed by atoms with Gasteiger partial charge in [-0.3, -0.25) is 4.99 Å². The summed E-state index contributed by atoms with van der Waals surface area (Å²) in [6.07, 6.45) is 4.49. The Labute approximate surface area is 120 Å². The Balaban J connectivity index is 1.76. The number of halogens is 2. The maximum atomic E-state index is 14.0. The normalized spacial score (nSPS) is 28.0. The van der Waals surface area contributed by atoms with Gasteiger partial charge in [0, 0.05) is 5.41 Å². The molecule has 1 aromatic carbocycles. The molecule has 3 aliphatic rings. The SMILES string of the molecule is Fc1cccc(F)c1C1=CSC2=N[C@@H]3CCCC[C@H]3N12. The van der Waals surface area contributed by atoms with E-state index in [1.807, 2.05) is 5.41 Å². The molecule has 1 fully saturated rings. The number of thioether (sulfide) groups is 1. The molecule has 0 bridgehead atoms. The zero-order valence-corrected chi connectivity index (χ0v) is 11.7. The predicted molar refractivity (Wildman–Crippen MR) is 77.2 cm³/mol. The number of aliphatic imine (C=N–C) groups is 1. The lowest BCUT2D eigenvalue weighted by Gasteiger charge is -2.32. The van der Waals surface area contributed by atoms with E-state index in [9.17, 15) is 8.78 Å². The van der Waals surface area contributed by atoms with Crippen molar-refractivity contribution in [1.82, 2.24) is 4.90 Å². The van der Waals surface area contributed by atoms with Crippen LogP contribution in [0.25, 0.3) is 5.70 Å². The highest BCUT2D eigenvalue weighted by Crippen LogP contribution is 2.44. The smallest absolute Gasteiger partial charge is 0.168 e. The minimum atomic E-state index is -0.502. The first-order valence-electron chi connectivity index (χ1n) is 6.94. The molecule has 1 aromatic rings. The molecule has 1 aliphatic carbocycles. The summed E-state index contributed by atoms with van der Waals surface area (Å²) in [6.45, 7) is 0. The fourth-order valence-corrected chi connectivity index (χ4v) is 4.34. The summed E-state index contributed by atoms with van der Waals surface area (Å²) in [5, 5.41) is 2.73. The third kappa shape index (κ3) is 1.72. The van der Waals surface area contributed by atoms with Gasteiger partial charge < -0.3 is 4.90 Å². The molecule has 2 atom stereocenters. The van der Waals surface area contributed by atoms with Gasteiger partial charge in [-0.25, -0.2) is 8.78 Å². The van der Waals surface area contributed by atoms with E-state index < -0.39 is 11.6 Å². The summed E-state index contributed by atoms with van der Waals surface area (Å²) in [5.41, 5.74) is 0.718. The zero-order valence-electron chi connectivity index (χ0n) is 10.9. The second kappa shape index (κ2) is 4.58. The van der Waals surface area contributed by atoms with E-state index in [1.165, 1.54) is 36.4 Å². The van der Waals surface area contributed by atoms with E-state index in [4.69, 9.17) is 4.99 Å². The standard InChI is InChI=1S/C15H14F2N2S/c16-9-4-3-5-10(17)14(9)13-8-20-15-18-11-6-1-2-7-12(11)19(13)15/h3-5,8,11-12H,1-2,6-7H2/t11-,12-/m1/s1. The fraction of sp³-hybridized carbons (Fsp3) is 0.400. The van der Waals surface area contributed by atoms with Crippen molar-refractivity contribution in [1.29, 1.82) is 0 Å². The van der Waals surface area contributed by atoms with Crippen LogP contribution in [0.15, 0.2) is 28.6 Å². The molecule has 2 nitrogen and oxygen atoms in total. The van der Waals surface area contributed by atoms with Gasteiger partial charge in [-0.15, -0.1) is 0 Å². The molecule has 104 valence electrons. The Morgan fingerprint density at radius 2 is 1.90 bits per heavy atom. The van der Waals surface area contributed by atoms with E-state index in [0.29, 0.717) is 11.7 Å². The maximum absolute atomic E-state index is 14.0. The van der Waals surface area contributed by atoms with Crippen molar-refractivity contribution in [2.45, 2.75) is 37.8 Å². The van der Waals surface area contributed by atoms with Crippen LogP contribution < -0.4 is 0 Å². The molecule has 0 aromatic heterocycles. The van der Waals surface area contributed by atoms with Crippen LogP contribution >= 0.6 is 11.8 Å². The second-order valence-electron chi connectivity index (χ2n) is 5.42. The van der Waals surface area contributed by atoms with Gasteiger partial charge in [0.05, 0.1) is 23.3 Å². The van der Waals surface area contributed by atoms with Crippen molar-refractivity contribution in [3.8, 4) is 0 Å². The Morgan fingerprint density at radius 1 is 1.15 bits per heavy atom. The molecule has 2 aliphatic heterocycles. The maximum Gasteiger partial charge on any atom is 0.168 e. The highest BCUT2D eigenvalue weighted by Gasteiger charge is 2.43. The minimum Gasteiger partial charge on any atom is -0.314 e. The molecular weight excluding hydrogens is 278 g/mol. The molecule has 0 saturated heterocycles. The van der Waals surface area contributed by atoms with Crippen LogP contribution in [0.4, 0.5) is 8.78 Å². The molecule has 4 rings (SSSR count). The van der Waals surface area contributed by atoms with Gasteiger partial charge in [0.25, 0.3) is 0 Å². The molecule has 0 radical (unpaired) electrons. The number of benzene rings is 1. The van der Waals surface area contributed by atoms with Crippen molar-refractivity contribution in [3.63, 3.8) is 0 Å². The third-order valence-corrected chi connectivity index (χ3v) is 5.12. The summed E-state index contributed by atoms with van der Waals surface area (Å²) in [5.74, 6) is -1.00. The van der Waals surface area contributed by atoms with Crippen LogP contribution in [0, 0.1) is 11.6 Å². The fourth-order valence-electron chi connectivity index (χ4n) is 3.35. The quantitative estimate of drug-likeness (QED) is 0.777. The first kappa shape index (κ1) is 12.4. The van der Waals surface area contributed by atoms with Crippen LogP contribution in [-0.4, -0.2) is 22.2 Å². The molecule has 0 unspecified atom stereocenters. The van der Waals surface area contributed by atoms with Gasteiger partial charge in [-0.05, 0) is 25.0 Å². The molecule has 20 heavy (non-hydrogen) atoms. The summed E-state index contributed by atoms with van der Waals surface area (Å²) in [6, 6.07) is 4.60. The monoisotopic (exact) mass is 292 g/mol. The summed E-state index contributed by atoms with van der Waals surface area (Å²) >= 11 is 1.48. The van der Waals surface area contributed by atoms with Crippen LogP contribution in [0.3, 0.4) is 0 Å². The number of fused-ring (bicyclic) bond motifs is 3. The lowest BCUT2D eigenvalue weighted by molar-refractivity contribution is 0.304. The van der Waals surface area contributed by atoms with Gasteiger partial charge in [-0.2, -0.15) is 0 Å². The molecule has 2 heterocycles. The summed E-state index contributed by atoms with van der Waals surface area (Å²) in [4.78, 5) is 6.77. The first-order valence-corrected chi connectivity index (χ1v) is 7.82. The number of nitrogens with zero attached hydrogens (tertiary/aromatic N) is 2. The van der Waals surface area contributed by atoms with Crippen molar-refractivity contribution < 1.29 is 8.78 Å². The van der Waals surface area contributed by atoms with Gasteiger partial charge in [0.1, 0.15) is 11.6 Å². The number of rotatable bonds is 1. The number of hydrogen-bond donors (Lipinski definition) is 0. The van der Waals surface area contributed by atoms with Crippen molar-refractivity contribution >= 4 is 22.6 Å². The zero-order chi connectivity index (χ0) is 13.7. The summed E-state index contributed by atoms with van der Waals surface area (Å²) in [7, 11) is 0. The molecule has 0 N–H and O–H groups in total. The summed E-state index contributed by atoms with van der Waals surface area (Å²) < 4.78 is 28.1. The highest BCUT2D eigenvalue weighted by atomic mass is 32.2. The Bertz CT molecular complexity index is 606. The molecule has 0 amide bonds. The lowest BCUT2D eigenvalue weighted by atomic mass is 9.90. The topological polar surface area (TPSA) is 15.6 Å². The van der Waals surface area contributed by atoms with Crippen LogP contribution in [0.5, 0.6) is 0 Å². The molecule has 0 spiro atoms. The molecule has 1 saturated carbocycles. The Hall–Kier alpha value is -1.36. The predicted octanol–water partition coefficient (Wildman–Crippen LogP) is 3.99. The lowest BCUT2D eigenvalue weighted by Crippen LogP contribution is -2.38. The van der Waals surface area contributed by atoms with Crippen molar-refractivity contribution in [3.05, 3.63) is 40.8 Å². The average molecular weight is 292 g/mol. The minimum absolute atomic E-state index is 0.0800. The van der Waals surface area contributed by atoms with Gasteiger partial charge in [0.15, 0.2) is 5.17 Å². The van der Waals surface area contributed by atoms with E-state index in [2.05, 4.69) is 4.90 Å². The van der Waals surface area contributed by atoms with Gasteiger partial charge in [0.2, 0.25) is 0 Å². The van der Waals surface area contributed by atoms with Crippen LogP contribution in [0.2, 0.25) is 0 Å². The van der Waals surface area contributed by atoms with Crippen LogP contribution in [-0.2, 0) is 0 Å². The largest absolute Gasteiger partial charge is 0.314 e. The van der Waals surface area contributed by atoms with Crippen LogP contribution in [0.1, 0.15) is 31.2 Å². The Morgan fingerprint density at radius 3 is 2.70 bits per heavy atom. The van der Waals surface area contributed by atoms with Crippen molar-refractivity contribution in [2.75, 3.05) is 0 Å². The molecule has 5 heteroatoms.